The second-order valence-electron chi connectivity index (χ2n) is 12.8. The van der Waals surface area contributed by atoms with E-state index in [0.717, 1.165) is 24.2 Å². The van der Waals surface area contributed by atoms with Gasteiger partial charge in [0.05, 0.1) is 30.2 Å². The zero-order valence-electron chi connectivity index (χ0n) is 22.5. The van der Waals surface area contributed by atoms with Crippen LogP contribution in [0, 0.1) is 23.2 Å². The van der Waals surface area contributed by atoms with Crippen LogP contribution in [0.2, 0.25) is 0 Å². The van der Waals surface area contributed by atoms with E-state index in [0.29, 0.717) is 31.3 Å². The molecule has 0 aromatic carbocycles. The van der Waals surface area contributed by atoms with Crippen LogP contribution in [-0.4, -0.2) is 90.5 Å². The van der Waals surface area contributed by atoms with Crippen molar-refractivity contribution in [2.45, 2.75) is 83.0 Å². The van der Waals surface area contributed by atoms with Gasteiger partial charge in [0.2, 0.25) is 5.91 Å². The summed E-state index contributed by atoms with van der Waals surface area (Å²) in [6.07, 6.45) is 7.27. The number of esters is 1. The molecule has 3 saturated carbocycles. The molecule has 1 N–H and O–H groups in total. The lowest BCUT2D eigenvalue weighted by molar-refractivity contribution is -0.185. The topological polar surface area (TPSA) is 114 Å². The van der Waals surface area contributed by atoms with E-state index in [2.05, 4.69) is 26.1 Å². The first-order valence-electron chi connectivity index (χ1n) is 14.1. The van der Waals surface area contributed by atoms with Gasteiger partial charge in [-0.25, -0.2) is 0 Å². The maximum atomic E-state index is 13.6. The second kappa shape index (κ2) is 9.45. The van der Waals surface area contributed by atoms with Crippen LogP contribution in [0.5, 0.6) is 0 Å². The smallest absolute Gasteiger partial charge is 0.464 e. The van der Waals surface area contributed by atoms with Crippen molar-refractivity contribution in [1.82, 2.24) is 15.1 Å². The number of hydrogen-bond donors (Lipinski definition) is 1. The summed E-state index contributed by atoms with van der Waals surface area (Å²) < 4.78 is 18.4. The summed E-state index contributed by atoms with van der Waals surface area (Å²) in [5.74, 6) is -0.0353. The monoisotopic (exact) mass is 527 g/mol. The van der Waals surface area contributed by atoms with Crippen LogP contribution in [0.15, 0.2) is 12.2 Å². The molecule has 4 aliphatic heterocycles. The highest BCUT2D eigenvalue weighted by atomic mass is 16.7. The van der Waals surface area contributed by atoms with E-state index in [9.17, 15) is 19.2 Å². The first-order chi connectivity index (χ1) is 18.1. The molecule has 7 aliphatic rings. The third-order valence-electron chi connectivity index (χ3n) is 10.2. The molecule has 38 heavy (non-hydrogen) atoms. The van der Waals surface area contributed by atoms with Gasteiger partial charge in [-0.1, -0.05) is 13.8 Å². The van der Waals surface area contributed by atoms with Crippen molar-refractivity contribution in [3.8, 4) is 0 Å². The zero-order chi connectivity index (χ0) is 26.8. The second-order valence-corrected chi connectivity index (χ2v) is 12.8. The minimum absolute atomic E-state index is 0.0102. The van der Waals surface area contributed by atoms with Gasteiger partial charge >= 0.3 is 13.1 Å². The number of nitrogens with zero attached hydrogens (tertiary/aromatic N) is 2. The Bertz CT molecular complexity index is 1050. The summed E-state index contributed by atoms with van der Waals surface area (Å²) in [7, 11) is -0.386. The lowest BCUT2D eigenvalue weighted by Crippen LogP contribution is -2.63. The molecular weight excluding hydrogens is 489 g/mol. The number of likely N-dealkylation sites (tertiary alicyclic amines) is 1. The van der Waals surface area contributed by atoms with E-state index in [4.69, 9.17) is 14.0 Å². The molecule has 0 aromatic rings. The minimum Gasteiger partial charge on any atom is -0.464 e. The first kappa shape index (κ1) is 26.0. The van der Waals surface area contributed by atoms with E-state index in [1.54, 1.807) is 0 Å². The minimum atomic E-state index is -0.394. The Morgan fingerprint density at radius 1 is 1.18 bits per heavy atom. The molecular formula is C27H38BN3O7. The molecule has 11 heteroatoms. The van der Waals surface area contributed by atoms with Gasteiger partial charge in [0.25, 0.3) is 11.8 Å². The predicted octanol–water partition coefficient (Wildman–Crippen LogP) is 1.08. The Morgan fingerprint density at radius 2 is 1.95 bits per heavy atom. The van der Waals surface area contributed by atoms with Crippen molar-refractivity contribution in [3.05, 3.63) is 12.2 Å². The number of ether oxygens (including phenoxy) is 1. The molecule has 7 atom stereocenters. The Balaban J connectivity index is 0.990. The van der Waals surface area contributed by atoms with E-state index in [1.165, 1.54) is 18.6 Å². The molecule has 4 unspecified atom stereocenters. The maximum absolute atomic E-state index is 13.6. The highest BCUT2D eigenvalue weighted by Gasteiger charge is 2.68. The fraction of sp³-hybridized carbons (Fsp3) is 0.778. The van der Waals surface area contributed by atoms with Crippen LogP contribution in [-0.2, 0) is 33.2 Å². The standard InChI is InChI=1S/C27H38BN3O7/c1-26(2)17-13-18(26)24-27(3,14-17)38-28(37-24)20-5-4-8-30(20)25(35)19-11-16(15-29-19)12-23(34)36-10-9-31-21(32)6-7-22(31)33/h6-7,16-20,24,29H,4-5,8-15H2,1-3H3/t16-,17?,18?,19-,20-,24?,27?/m0/s1. The van der Waals surface area contributed by atoms with E-state index in [-0.39, 0.29) is 73.6 Å². The molecule has 3 amide bonds. The van der Waals surface area contributed by atoms with Gasteiger partial charge in [0, 0.05) is 25.1 Å². The van der Waals surface area contributed by atoms with Crippen LogP contribution in [0.4, 0.5) is 0 Å². The van der Waals surface area contributed by atoms with Gasteiger partial charge in [0.1, 0.15) is 6.61 Å². The van der Waals surface area contributed by atoms with Crippen molar-refractivity contribution in [3.63, 3.8) is 0 Å². The average Bonchev–Trinajstić information content (AvgIpc) is 3.65. The molecule has 7 rings (SSSR count). The number of imide groups is 1. The molecule has 0 radical (unpaired) electrons. The summed E-state index contributed by atoms with van der Waals surface area (Å²) in [5, 5.41) is 3.31. The molecule has 3 saturated heterocycles. The van der Waals surface area contributed by atoms with E-state index in [1.807, 2.05) is 4.90 Å². The van der Waals surface area contributed by atoms with E-state index < -0.39 is 11.8 Å². The van der Waals surface area contributed by atoms with Crippen molar-refractivity contribution >= 4 is 30.8 Å². The molecule has 6 fully saturated rings. The normalized spacial score (nSPS) is 39.1. The fourth-order valence-corrected chi connectivity index (χ4v) is 7.81. The number of rotatable bonds is 7. The lowest BCUT2D eigenvalue weighted by Gasteiger charge is -2.63. The highest BCUT2D eigenvalue weighted by Crippen LogP contribution is 2.64. The third-order valence-corrected chi connectivity index (χ3v) is 10.2. The quantitative estimate of drug-likeness (QED) is 0.297. The Labute approximate surface area is 223 Å². The van der Waals surface area contributed by atoms with Gasteiger partial charge < -0.3 is 24.3 Å². The highest BCUT2D eigenvalue weighted by molar-refractivity contribution is 6.48. The molecule has 10 nitrogen and oxygen atoms in total. The van der Waals surface area contributed by atoms with Crippen LogP contribution >= 0.6 is 0 Å². The lowest BCUT2D eigenvalue weighted by atomic mass is 9.45. The van der Waals surface area contributed by atoms with Crippen LogP contribution in [0.3, 0.4) is 0 Å². The molecule has 206 valence electrons. The maximum Gasteiger partial charge on any atom is 0.481 e. The average molecular weight is 527 g/mol. The van der Waals surface area contributed by atoms with Gasteiger partial charge in [-0.05, 0) is 68.7 Å². The number of nitrogens with one attached hydrogen (secondary N) is 1. The van der Waals surface area contributed by atoms with Crippen LogP contribution in [0.1, 0.15) is 59.3 Å². The first-order valence-corrected chi connectivity index (χ1v) is 14.1. The molecule has 0 aromatic heterocycles. The zero-order valence-corrected chi connectivity index (χ0v) is 22.5. The van der Waals surface area contributed by atoms with Gasteiger partial charge in [-0.3, -0.25) is 24.1 Å². The van der Waals surface area contributed by atoms with Gasteiger partial charge in [0.15, 0.2) is 0 Å². The molecule has 0 spiro atoms. The molecule has 2 bridgehead atoms. The SMILES string of the molecule is CC12CC3CC(C1OB([C@@H]1CCCN1C(=O)[C@@H]1C[C@@H](CC(=O)OCCN4C(=O)C=CC4=O)CN1)O2)C3(C)C. The van der Waals surface area contributed by atoms with Crippen molar-refractivity contribution in [2.24, 2.45) is 23.2 Å². The van der Waals surface area contributed by atoms with Crippen molar-refractivity contribution < 1.29 is 33.2 Å². The van der Waals surface area contributed by atoms with Crippen molar-refractivity contribution in [1.29, 1.82) is 0 Å². The summed E-state index contributed by atoms with van der Waals surface area (Å²) >= 11 is 0. The Kier molecular flexibility index (Phi) is 6.47. The summed E-state index contributed by atoms with van der Waals surface area (Å²) in [5.41, 5.74) is 0.0196. The van der Waals surface area contributed by atoms with Crippen LogP contribution in [0.25, 0.3) is 0 Å². The van der Waals surface area contributed by atoms with Crippen molar-refractivity contribution in [2.75, 3.05) is 26.2 Å². The van der Waals surface area contributed by atoms with Gasteiger partial charge in [-0.15, -0.1) is 0 Å². The Morgan fingerprint density at radius 3 is 2.68 bits per heavy atom. The number of hydrogen-bond acceptors (Lipinski definition) is 8. The van der Waals surface area contributed by atoms with Gasteiger partial charge in [-0.2, -0.15) is 0 Å². The Hall–Kier alpha value is -2.24. The fourth-order valence-electron chi connectivity index (χ4n) is 7.81. The number of carbonyl (C=O) groups is 4. The molecule has 3 aliphatic carbocycles. The predicted molar refractivity (Wildman–Crippen MR) is 136 cm³/mol. The number of carbonyl (C=O) groups excluding carboxylic acids is 4. The number of amides is 3. The third kappa shape index (κ3) is 4.30. The largest absolute Gasteiger partial charge is 0.481 e. The summed E-state index contributed by atoms with van der Waals surface area (Å²) in [6, 6.07) is -0.342. The van der Waals surface area contributed by atoms with Crippen LogP contribution < -0.4 is 5.32 Å². The summed E-state index contributed by atoms with van der Waals surface area (Å²) in [4.78, 5) is 52.1. The van der Waals surface area contributed by atoms with E-state index >= 15 is 0 Å². The molecule has 4 heterocycles. The summed E-state index contributed by atoms with van der Waals surface area (Å²) in [6.45, 7) is 8.14.